The number of H-pyrrole nitrogens is 1. The van der Waals surface area contributed by atoms with Gasteiger partial charge in [0.2, 0.25) is 4.77 Å². The Morgan fingerprint density at radius 1 is 1.24 bits per heavy atom. The summed E-state index contributed by atoms with van der Waals surface area (Å²) in [5.74, 6) is 0.841. The third kappa shape index (κ3) is 3.26. The Bertz CT molecular complexity index is 680. The second-order valence-electron chi connectivity index (χ2n) is 5.33. The highest BCUT2D eigenvalue weighted by Gasteiger charge is 2.12. The minimum Gasteiger partial charge on any atom is -0.250 e. The maximum Gasteiger partial charge on any atom is 0.216 e. The molecule has 0 atom stereocenters. The maximum absolute atomic E-state index is 13.0. The summed E-state index contributed by atoms with van der Waals surface area (Å²) in [6.07, 6.45) is 8.17. The van der Waals surface area contributed by atoms with Crippen molar-refractivity contribution in [3.8, 4) is 11.4 Å². The number of aromatic nitrogens is 3. The van der Waals surface area contributed by atoms with E-state index in [0.29, 0.717) is 16.5 Å². The molecule has 110 valence electrons. The summed E-state index contributed by atoms with van der Waals surface area (Å²) in [5, 5.41) is 11.4. The summed E-state index contributed by atoms with van der Waals surface area (Å²) in [6.45, 7) is 0. The van der Waals surface area contributed by atoms with Crippen molar-refractivity contribution in [2.75, 3.05) is 0 Å². The zero-order valence-corrected chi connectivity index (χ0v) is 12.4. The van der Waals surface area contributed by atoms with Crippen molar-refractivity contribution in [1.29, 1.82) is 0 Å². The molecule has 1 aromatic carbocycles. The van der Waals surface area contributed by atoms with Crippen LogP contribution in [-0.2, 0) is 0 Å². The average molecular weight is 304 g/mol. The molecular weight excluding hydrogens is 287 g/mol. The largest absolute Gasteiger partial charge is 0.250 e. The van der Waals surface area contributed by atoms with Gasteiger partial charge < -0.3 is 0 Å². The summed E-state index contributed by atoms with van der Waals surface area (Å²) in [7, 11) is 0. The molecule has 21 heavy (non-hydrogen) atoms. The SMILES string of the molecule is Fc1ccc(-c2n[nH]c(=S)n2/N=C\C2CCCCC2)cc1. The van der Waals surface area contributed by atoms with Crippen LogP contribution in [0.2, 0.25) is 0 Å². The van der Waals surface area contributed by atoms with Crippen molar-refractivity contribution in [2.24, 2.45) is 11.0 Å². The molecule has 0 aliphatic heterocycles. The second-order valence-corrected chi connectivity index (χ2v) is 5.72. The van der Waals surface area contributed by atoms with Gasteiger partial charge in [0.25, 0.3) is 0 Å². The van der Waals surface area contributed by atoms with Crippen LogP contribution >= 0.6 is 12.2 Å². The van der Waals surface area contributed by atoms with E-state index in [1.165, 1.54) is 44.2 Å². The van der Waals surface area contributed by atoms with E-state index in [9.17, 15) is 4.39 Å². The normalized spacial score (nSPS) is 16.6. The van der Waals surface area contributed by atoms with Crippen molar-refractivity contribution < 1.29 is 4.39 Å². The number of halogens is 1. The van der Waals surface area contributed by atoms with Crippen LogP contribution in [0, 0.1) is 16.5 Å². The Labute approximate surface area is 127 Å². The van der Waals surface area contributed by atoms with Crippen LogP contribution in [-0.4, -0.2) is 21.1 Å². The predicted octanol–water partition coefficient (Wildman–Crippen LogP) is 4.16. The van der Waals surface area contributed by atoms with Crippen LogP contribution in [0.25, 0.3) is 11.4 Å². The van der Waals surface area contributed by atoms with E-state index in [-0.39, 0.29) is 5.82 Å². The maximum atomic E-state index is 13.0. The lowest BCUT2D eigenvalue weighted by Gasteiger charge is -2.16. The molecular formula is C15H17FN4S. The van der Waals surface area contributed by atoms with Crippen molar-refractivity contribution >= 4 is 18.4 Å². The fourth-order valence-electron chi connectivity index (χ4n) is 2.63. The van der Waals surface area contributed by atoms with E-state index in [1.807, 2.05) is 6.21 Å². The second kappa shape index (κ2) is 6.30. The average Bonchev–Trinajstić information content (AvgIpc) is 2.88. The molecule has 0 radical (unpaired) electrons. The predicted molar refractivity (Wildman–Crippen MR) is 83.3 cm³/mol. The molecule has 1 aromatic heterocycles. The first-order valence-electron chi connectivity index (χ1n) is 7.22. The molecule has 0 bridgehead atoms. The first-order valence-corrected chi connectivity index (χ1v) is 7.63. The van der Waals surface area contributed by atoms with Gasteiger partial charge in [0.1, 0.15) is 5.82 Å². The van der Waals surface area contributed by atoms with Crippen molar-refractivity contribution in [2.45, 2.75) is 32.1 Å². The first kappa shape index (κ1) is 14.1. The highest BCUT2D eigenvalue weighted by atomic mass is 32.1. The van der Waals surface area contributed by atoms with Gasteiger partial charge in [0.15, 0.2) is 5.82 Å². The molecule has 6 heteroatoms. The van der Waals surface area contributed by atoms with E-state index in [0.717, 1.165) is 5.56 Å². The van der Waals surface area contributed by atoms with E-state index >= 15 is 0 Å². The van der Waals surface area contributed by atoms with Gasteiger partial charge in [-0.2, -0.15) is 14.9 Å². The van der Waals surface area contributed by atoms with Crippen molar-refractivity contribution in [3.05, 3.63) is 34.9 Å². The molecule has 1 aliphatic rings. The lowest BCUT2D eigenvalue weighted by Crippen LogP contribution is -2.08. The molecule has 0 spiro atoms. The van der Waals surface area contributed by atoms with Gasteiger partial charge in [-0.15, -0.1) is 0 Å². The molecule has 3 rings (SSSR count). The van der Waals surface area contributed by atoms with Crippen molar-refractivity contribution in [1.82, 2.24) is 14.9 Å². The van der Waals surface area contributed by atoms with Crippen LogP contribution in [0.3, 0.4) is 0 Å². The number of hydrogen-bond donors (Lipinski definition) is 1. The number of nitrogens with zero attached hydrogens (tertiary/aromatic N) is 3. The Morgan fingerprint density at radius 2 is 1.95 bits per heavy atom. The van der Waals surface area contributed by atoms with Crippen LogP contribution in [0.4, 0.5) is 4.39 Å². The molecule has 4 nitrogen and oxygen atoms in total. The third-order valence-electron chi connectivity index (χ3n) is 3.80. The summed E-state index contributed by atoms with van der Waals surface area (Å²) >= 11 is 5.22. The Morgan fingerprint density at radius 3 is 2.67 bits per heavy atom. The number of rotatable bonds is 3. The zero-order valence-electron chi connectivity index (χ0n) is 11.6. The van der Waals surface area contributed by atoms with Crippen molar-refractivity contribution in [3.63, 3.8) is 0 Å². The minimum atomic E-state index is -0.273. The number of aromatic amines is 1. The van der Waals surface area contributed by atoms with Crippen LogP contribution in [0.5, 0.6) is 0 Å². The molecule has 1 N–H and O–H groups in total. The van der Waals surface area contributed by atoms with Crippen LogP contribution < -0.4 is 0 Å². The monoisotopic (exact) mass is 304 g/mol. The van der Waals surface area contributed by atoms with E-state index < -0.39 is 0 Å². The topological polar surface area (TPSA) is 46.0 Å². The Kier molecular flexibility index (Phi) is 4.24. The molecule has 1 heterocycles. The highest BCUT2D eigenvalue weighted by Crippen LogP contribution is 2.22. The Hall–Kier alpha value is -1.82. The van der Waals surface area contributed by atoms with Gasteiger partial charge in [-0.1, -0.05) is 19.3 Å². The van der Waals surface area contributed by atoms with Gasteiger partial charge in [0, 0.05) is 11.8 Å². The first-order chi connectivity index (χ1) is 10.2. The zero-order chi connectivity index (χ0) is 14.7. The smallest absolute Gasteiger partial charge is 0.216 e. The van der Waals surface area contributed by atoms with Gasteiger partial charge in [-0.25, -0.2) is 9.49 Å². The molecule has 0 unspecified atom stereocenters. The van der Waals surface area contributed by atoms with E-state index in [1.54, 1.807) is 16.8 Å². The van der Waals surface area contributed by atoms with E-state index in [4.69, 9.17) is 12.2 Å². The lowest BCUT2D eigenvalue weighted by atomic mass is 9.90. The minimum absolute atomic E-state index is 0.273. The summed E-state index contributed by atoms with van der Waals surface area (Å²) in [4.78, 5) is 0. The van der Waals surface area contributed by atoms with Gasteiger partial charge in [0.05, 0.1) is 0 Å². The molecule has 2 aromatic rings. The third-order valence-corrected chi connectivity index (χ3v) is 4.06. The fourth-order valence-corrected chi connectivity index (χ4v) is 2.81. The highest BCUT2D eigenvalue weighted by molar-refractivity contribution is 7.71. The Balaban J connectivity index is 1.88. The van der Waals surface area contributed by atoms with Gasteiger partial charge in [-0.3, -0.25) is 0 Å². The molecule has 1 aliphatic carbocycles. The van der Waals surface area contributed by atoms with Gasteiger partial charge >= 0.3 is 0 Å². The lowest BCUT2D eigenvalue weighted by molar-refractivity contribution is 0.443. The molecule has 0 saturated heterocycles. The van der Waals surface area contributed by atoms with Crippen LogP contribution in [0.15, 0.2) is 29.4 Å². The molecule has 0 amide bonds. The number of hydrogen-bond acceptors (Lipinski definition) is 3. The van der Waals surface area contributed by atoms with Gasteiger partial charge in [-0.05, 0) is 55.2 Å². The molecule has 1 fully saturated rings. The fraction of sp³-hybridized carbons (Fsp3) is 0.400. The molecule has 1 saturated carbocycles. The number of nitrogens with one attached hydrogen (secondary N) is 1. The number of benzene rings is 1. The standard InChI is InChI=1S/C15H17FN4S/c16-13-8-6-12(7-9-13)14-18-19-15(21)20(14)17-10-11-4-2-1-3-5-11/h6-11H,1-5H2,(H,19,21)/b17-10-. The van der Waals surface area contributed by atoms with E-state index in [2.05, 4.69) is 15.3 Å². The summed E-state index contributed by atoms with van der Waals surface area (Å²) in [6, 6.07) is 6.16. The summed E-state index contributed by atoms with van der Waals surface area (Å²) < 4.78 is 15.1. The summed E-state index contributed by atoms with van der Waals surface area (Å²) in [5.41, 5.74) is 0.782. The van der Waals surface area contributed by atoms with Crippen LogP contribution in [0.1, 0.15) is 32.1 Å². The quantitative estimate of drug-likeness (QED) is 0.683.